The first-order chi connectivity index (χ1) is 22.1. The lowest BCUT2D eigenvalue weighted by Gasteiger charge is -2.18. The Labute approximate surface area is 280 Å². The van der Waals surface area contributed by atoms with Crippen molar-refractivity contribution in [3.8, 4) is 28.6 Å². The molecule has 0 aliphatic heterocycles. The monoisotopic (exact) mass is 705 g/mol. The largest absolute Gasteiger partial charge is 0.494 e. The Morgan fingerprint density at radius 2 is 1.70 bits per heavy atom. The van der Waals surface area contributed by atoms with E-state index >= 15 is 0 Å². The summed E-state index contributed by atoms with van der Waals surface area (Å²) in [4.78, 5) is 18.8. The van der Waals surface area contributed by atoms with E-state index in [-0.39, 0.29) is 34.7 Å². The molecule has 238 valence electrons. The standard InChI is InChI=1S/C36H34BrClFN3O4/c1-6-44-30-16-22(5)27(18-26(30)21(3)4)35-41-29-15-11-9-13-25(29)36(43)42(35)40-19-24-17-31(45-7-2)34(33(38)32(24)37)46-20-23-12-8-10-14-28(23)39/h8-19,21H,6-7,20H2,1-5H3. The molecular formula is C36H34BrClFN3O4. The van der Waals surface area contributed by atoms with Crippen LogP contribution >= 0.6 is 27.5 Å². The summed E-state index contributed by atoms with van der Waals surface area (Å²) in [5, 5.41) is 5.32. The number of para-hydroxylation sites is 1. The van der Waals surface area contributed by atoms with E-state index in [1.807, 2.05) is 45.0 Å². The molecule has 0 saturated heterocycles. The minimum absolute atomic E-state index is 0.0480. The van der Waals surface area contributed by atoms with E-state index in [0.717, 1.165) is 22.4 Å². The number of halogens is 3. The van der Waals surface area contributed by atoms with Gasteiger partial charge in [0.05, 0.1) is 30.3 Å². The maximum atomic E-state index is 14.3. The zero-order valence-corrected chi connectivity index (χ0v) is 28.6. The Kier molecular flexibility index (Phi) is 10.4. The molecule has 5 aromatic rings. The molecule has 0 aliphatic rings. The minimum Gasteiger partial charge on any atom is -0.494 e. The first-order valence-electron chi connectivity index (χ1n) is 15.0. The van der Waals surface area contributed by atoms with Crippen molar-refractivity contribution < 1.29 is 18.6 Å². The molecule has 0 saturated carbocycles. The van der Waals surface area contributed by atoms with Gasteiger partial charge in [0.15, 0.2) is 17.3 Å². The zero-order chi connectivity index (χ0) is 33.0. The van der Waals surface area contributed by atoms with Crippen LogP contribution in [0, 0.1) is 12.7 Å². The number of benzene rings is 4. The smallest absolute Gasteiger partial charge is 0.282 e. The van der Waals surface area contributed by atoms with Gasteiger partial charge in [0.25, 0.3) is 5.56 Å². The van der Waals surface area contributed by atoms with Gasteiger partial charge < -0.3 is 14.2 Å². The van der Waals surface area contributed by atoms with Gasteiger partial charge in [-0.2, -0.15) is 9.78 Å². The molecule has 0 unspecified atom stereocenters. The lowest BCUT2D eigenvalue weighted by molar-refractivity contribution is 0.266. The van der Waals surface area contributed by atoms with Gasteiger partial charge in [0.1, 0.15) is 23.2 Å². The number of hydrogen-bond acceptors (Lipinski definition) is 6. The average Bonchev–Trinajstić information content (AvgIpc) is 3.03. The second-order valence-electron chi connectivity index (χ2n) is 10.8. The molecule has 0 spiro atoms. The van der Waals surface area contributed by atoms with E-state index in [4.69, 9.17) is 30.8 Å². The summed E-state index contributed by atoms with van der Waals surface area (Å²) >= 11 is 10.3. The van der Waals surface area contributed by atoms with Crippen molar-refractivity contribution in [2.24, 2.45) is 5.10 Å². The fourth-order valence-corrected chi connectivity index (χ4v) is 5.71. The highest BCUT2D eigenvalue weighted by molar-refractivity contribution is 9.10. The molecule has 1 heterocycles. The summed E-state index contributed by atoms with van der Waals surface area (Å²) in [5.41, 5.74) is 3.80. The van der Waals surface area contributed by atoms with E-state index in [1.165, 1.54) is 17.0 Å². The average molecular weight is 707 g/mol. The van der Waals surface area contributed by atoms with Gasteiger partial charge in [-0.05, 0) is 90.1 Å². The van der Waals surface area contributed by atoms with Crippen LogP contribution < -0.4 is 19.8 Å². The van der Waals surface area contributed by atoms with E-state index in [2.05, 4.69) is 34.9 Å². The van der Waals surface area contributed by atoms with Gasteiger partial charge in [-0.15, -0.1) is 0 Å². The van der Waals surface area contributed by atoms with E-state index in [9.17, 15) is 9.18 Å². The van der Waals surface area contributed by atoms with Crippen LogP contribution in [-0.2, 0) is 6.61 Å². The Morgan fingerprint density at radius 1 is 1.00 bits per heavy atom. The van der Waals surface area contributed by atoms with E-state index in [1.54, 1.807) is 36.4 Å². The molecule has 0 aliphatic carbocycles. The summed E-state index contributed by atoms with van der Waals surface area (Å²) in [6.07, 6.45) is 1.52. The number of ether oxygens (including phenoxy) is 3. The Bertz CT molecular complexity index is 1990. The summed E-state index contributed by atoms with van der Waals surface area (Å²) in [6.45, 7) is 10.8. The third kappa shape index (κ3) is 6.81. The number of aromatic nitrogens is 2. The highest BCUT2D eigenvalue weighted by Gasteiger charge is 2.21. The van der Waals surface area contributed by atoms with Gasteiger partial charge in [0, 0.05) is 21.2 Å². The van der Waals surface area contributed by atoms with Crippen LogP contribution in [0.15, 0.2) is 81.1 Å². The molecule has 1 aromatic heterocycles. The molecule has 0 atom stereocenters. The van der Waals surface area contributed by atoms with Crippen molar-refractivity contribution >= 4 is 44.6 Å². The van der Waals surface area contributed by atoms with Crippen molar-refractivity contribution in [2.75, 3.05) is 13.2 Å². The number of nitrogens with zero attached hydrogens (tertiary/aromatic N) is 3. The van der Waals surface area contributed by atoms with Crippen molar-refractivity contribution in [2.45, 2.75) is 47.1 Å². The van der Waals surface area contributed by atoms with E-state index < -0.39 is 0 Å². The van der Waals surface area contributed by atoms with Gasteiger partial charge >= 0.3 is 0 Å². The maximum Gasteiger partial charge on any atom is 0.282 e. The van der Waals surface area contributed by atoms with Crippen LogP contribution in [-0.4, -0.2) is 29.1 Å². The van der Waals surface area contributed by atoms with Crippen molar-refractivity contribution in [3.63, 3.8) is 0 Å². The van der Waals surface area contributed by atoms with Crippen LogP contribution in [0.4, 0.5) is 4.39 Å². The third-order valence-electron chi connectivity index (χ3n) is 7.37. The minimum atomic E-state index is -0.382. The van der Waals surface area contributed by atoms with Crippen LogP contribution in [0.5, 0.6) is 17.2 Å². The predicted molar refractivity (Wildman–Crippen MR) is 185 cm³/mol. The third-order valence-corrected chi connectivity index (χ3v) is 8.81. The first kappa shape index (κ1) is 33.2. The molecule has 0 fully saturated rings. The lowest BCUT2D eigenvalue weighted by Crippen LogP contribution is -2.21. The molecule has 7 nitrogen and oxygen atoms in total. The van der Waals surface area contributed by atoms with E-state index in [0.29, 0.717) is 51.3 Å². The molecule has 10 heteroatoms. The Hall–Kier alpha value is -4.21. The molecule has 0 amide bonds. The van der Waals surface area contributed by atoms with Gasteiger partial charge in [-0.1, -0.05) is 55.8 Å². The van der Waals surface area contributed by atoms with Crippen LogP contribution in [0.2, 0.25) is 5.02 Å². The fraction of sp³-hybridized carbons (Fsp3) is 0.250. The topological polar surface area (TPSA) is 74.9 Å². The first-order valence-corrected chi connectivity index (χ1v) is 16.2. The van der Waals surface area contributed by atoms with Crippen LogP contribution in [0.25, 0.3) is 22.3 Å². The number of aryl methyl sites for hydroxylation is 1. The quantitative estimate of drug-likeness (QED) is 0.128. The lowest BCUT2D eigenvalue weighted by atomic mass is 9.96. The fourth-order valence-electron chi connectivity index (χ4n) is 5.06. The van der Waals surface area contributed by atoms with Gasteiger partial charge in [0.2, 0.25) is 0 Å². The Balaban J connectivity index is 1.64. The molecule has 5 rings (SSSR count). The summed E-state index contributed by atoms with van der Waals surface area (Å²) in [7, 11) is 0. The van der Waals surface area contributed by atoms with Crippen LogP contribution in [0.1, 0.15) is 55.9 Å². The number of hydrogen-bond donors (Lipinski definition) is 0. The zero-order valence-electron chi connectivity index (χ0n) is 26.2. The predicted octanol–water partition coefficient (Wildman–Crippen LogP) is 9.31. The van der Waals surface area contributed by atoms with Crippen molar-refractivity contribution in [1.29, 1.82) is 0 Å². The van der Waals surface area contributed by atoms with Crippen LogP contribution in [0.3, 0.4) is 0 Å². The number of fused-ring (bicyclic) bond motifs is 1. The molecule has 4 aromatic carbocycles. The summed E-state index contributed by atoms with van der Waals surface area (Å²) < 4.78 is 33.8. The normalized spacial score (nSPS) is 11.5. The Morgan fingerprint density at radius 3 is 2.41 bits per heavy atom. The SMILES string of the molecule is CCOc1cc(C)c(-c2nc3ccccc3c(=O)n2N=Cc2cc(OCC)c(OCc3ccccc3F)c(Cl)c2Br)cc1C(C)C. The molecule has 0 radical (unpaired) electrons. The highest BCUT2D eigenvalue weighted by atomic mass is 79.9. The van der Waals surface area contributed by atoms with Gasteiger partial charge in [-0.3, -0.25) is 4.79 Å². The highest BCUT2D eigenvalue weighted by Crippen LogP contribution is 2.43. The summed E-state index contributed by atoms with van der Waals surface area (Å²) in [5.74, 6) is 1.58. The maximum absolute atomic E-state index is 14.3. The molecule has 0 N–H and O–H groups in total. The van der Waals surface area contributed by atoms with Crippen molar-refractivity contribution in [3.05, 3.63) is 115 Å². The van der Waals surface area contributed by atoms with Gasteiger partial charge in [-0.25, -0.2) is 9.37 Å². The molecule has 46 heavy (non-hydrogen) atoms. The summed E-state index contributed by atoms with van der Waals surface area (Å²) in [6, 6.07) is 19.3. The molecule has 0 bridgehead atoms. The second kappa shape index (κ2) is 14.5. The second-order valence-corrected chi connectivity index (χ2v) is 12.0. The molecular weight excluding hydrogens is 673 g/mol. The number of rotatable bonds is 11. The van der Waals surface area contributed by atoms with Crippen molar-refractivity contribution in [1.82, 2.24) is 9.66 Å².